The van der Waals surface area contributed by atoms with Gasteiger partial charge in [0, 0.05) is 0 Å². The fourth-order valence-electron chi connectivity index (χ4n) is 2.44. The molecule has 1 nitrogen and oxygen atoms in total. The maximum atomic E-state index is 11.8. The Labute approximate surface area is 87.5 Å². The van der Waals surface area contributed by atoms with E-state index in [1.54, 1.807) is 0 Å². The lowest BCUT2D eigenvalue weighted by molar-refractivity contribution is 0.267. The topological polar surface area (TPSA) is 12.0 Å². The molecule has 0 aromatic rings. The molecule has 2 atom stereocenters. The van der Waals surface area contributed by atoms with Crippen molar-refractivity contribution >= 4 is 0 Å². The Morgan fingerprint density at radius 3 is 2.86 bits per heavy atom. The van der Waals surface area contributed by atoms with Crippen molar-refractivity contribution in [3.63, 3.8) is 0 Å². The summed E-state index contributed by atoms with van der Waals surface area (Å²) in [5.74, 6) is 1.86. The van der Waals surface area contributed by atoms with E-state index in [2.05, 4.69) is 12.2 Å². The van der Waals surface area contributed by atoms with E-state index in [4.69, 9.17) is 0 Å². The van der Waals surface area contributed by atoms with Crippen LogP contribution < -0.4 is 5.32 Å². The lowest BCUT2D eigenvalue weighted by Crippen LogP contribution is -2.22. The van der Waals surface area contributed by atoms with Crippen LogP contribution in [0.15, 0.2) is 0 Å². The fraction of sp³-hybridized carbons (Fsp3) is 1.00. The Kier molecular flexibility index (Phi) is 6.17. The zero-order chi connectivity index (χ0) is 10.2. The second-order valence-electron chi connectivity index (χ2n) is 4.72. The molecule has 0 aliphatic heterocycles. The molecule has 0 amide bonds. The van der Waals surface area contributed by atoms with E-state index in [1.165, 1.54) is 32.1 Å². The molecule has 1 aliphatic rings. The van der Waals surface area contributed by atoms with Crippen LogP contribution in [0.3, 0.4) is 0 Å². The molecule has 1 N–H and O–H groups in total. The van der Waals surface area contributed by atoms with Crippen molar-refractivity contribution in [1.82, 2.24) is 5.32 Å². The molecule has 14 heavy (non-hydrogen) atoms. The van der Waals surface area contributed by atoms with Crippen molar-refractivity contribution in [2.24, 2.45) is 11.8 Å². The molecule has 84 valence electrons. The van der Waals surface area contributed by atoms with E-state index in [0.717, 1.165) is 24.9 Å². The van der Waals surface area contributed by atoms with Crippen molar-refractivity contribution in [3.05, 3.63) is 0 Å². The highest BCUT2D eigenvalue weighted by atomic mass is 19.1. The van der Waals surface area contributed by atoms with Crippen LogP contribution in [0.25, 0.3) is 0 Å². The summed E-state index contributed by atoms with van der Waals surface area (Å²) in [6.45, 7) is 4.10. The molecule has 1 fully saturated rings. The summed E-state index contributed by atoms with van der Waals surface area (Å²) in [6, 6.07) is 0. The van der Waals surface area contributed by atoms with Crippen LogP contribution in [-0.2, 0) is 0 Å². The minimum atomic E-state index is -0.187. The van der Waals surface area contributed by atoms with E-state index in [-0.39, 0.29) is 6.67 Å². The number of hydrogen-bond acceptors (Lipinski definition) is 1. The number of rotatable bonds is 6. The van der Waals surface area contributed by atoms with Crippen molar-refractivity contribution < 1.29 is 4.39 Å². The van der Waals surface area contributed by atoms with Gasteiger partial charge in [-0.1, -0.05) is 26.2 Å². The van der Waals surface area contributed by atoms with Gasteiger partial charge in [-0.25, -0.2) is 0 Å². The first-order valence-corrected chi connectivity index (χ1v) is 6.09. The highest BCUT2D eigenvalue weighted by molar-refractivity contribution is 4.71. The van der Waals surface area contributed by atoms with Gasteiger partial charge in [0.25, 0.3) is 0 Å². The lowest BCUT2D eigenvalue weighted by atomic mass is 9.81. The molecular weight excluding hydrogens is 177 g/mol. The maximum Gasteiger partial charge on any atom is 0.0906 e. The average Bonchev–Trinajstić information content (AvgIpc) is 2.18. The molecule has 0 aromatic carbocycles. The summed E-state index contributed by atoms with van der Waals surface area (Å²) >= 11 is 0. The smallest absolute Gasteiger partial charge is 0.0906 e. The third kappa shape index (κ3) is 4.94. The van der Waals surface area contributed by atoms with E-state index in [9.17, 15) is 4.39 Å². The Hall–Kier alpha value is -0.110. The molecule has 0 heterocycles. The summed E-state index contributed by atoms with van der Waals surface area (Å²) in [6.07, 6.45) is 7.61. The highest BCUT2D eigenvalue weighted by Gasteiger charge is 2.17. The molecule has 1 saturated carbocycles. The van der Waals surface area contributed by atoms with Crippen molar-refractivity contribution in [2.75, 3.05) is 19.8 Å². The van der Waals surface area contributed by atoms with Crippen LogP contribution in [0.1, 0.15) is 45.4 Å². The van der Waals surface area contributed by atoms with Gasteiger partial charge in [-0.2, -0.15) is 0 Å². The highest BCUT2D eigenvalue weighted by Crippen LogP contribution is 2.30. The monoisotopic (exact) mass is 201 g/mol. The van der Waals surface area contributed by atoms with Gasteiger partial charge in [-0.15, -0.1) is 0 Å². The zero-order valence-electron chi connectivity index (χ0n) is 9.40. The van der Waals surface area contributed by atoms with Gasteiger partial charge in [-0.3, -0.25) is 4.39 Å². The molecular formula is C12H24FN. The first-order valence-electron chi connectivity index (χ1n) is 6.09. The molecule has 0 radical (unpaired) electrons. The van der Waals surface area contributed by atoms with Crippen molar-refractivity contribution in [1.29, 1.82) is 0 Å². The predicted octanol–water partition coefficient (Wildman–Crippen LogP) is 3.15. The van der Waals surface area contributed by atoms with Crippen LogP contribution in [-0.4, -0.2) is 19.8 Å². The van der Waals surface area contributed by atoms with E-state index >= 15 is 0 Å². The number of nitrogens with one attached hydrogen (secondary N) is 1. The second kappa shape index (κ2) is 7.22. The molecule has 0 saturated heterocycles. The minimum Gasteiger partial charge on any atom is -0.317 e. The normalized spacial score (nSPS) is 27.9. The predicted molar refractivity (Wildman–Crippen MR) is 59.2 cm³/mol. The number of halogens is 1. The average molecular weight is 201 g/mol. The van der Waals surface area contributed by atoms with Crippen LogP contribution in [0.5, 0.6) is 0 Å². The molecule has 2 unspecified atom stereocenters. The summed E-state index contributed by atoms with van der Waals surface area (Å²) in [5.41, 5.74) is 0. The molecule has 1 rings (SSSR count). The van der Waals surface area contributed by atoms with Crippen molar-refractivity contribution in [3.8, 4) is 0 Å². The molecule has 1 aliphatic carbocycles. The largest absolute Gasteiger partial charge is 0.317 e. The van der Waals surface area contributed by atoms with Crippen LogP contribution in [0.4, 0.5) is 4.39 Å². The first kappa shape index (κ1) is 12.0. The molecule has 0 spiro atoms. The summed E-state index contributed by atoms with van der Waals surface area (Å²) < 4.78 is 11.8. The Morgan fingerprint density at radius 2 is 2.14 bits per heavy atom. The van der Waals surface area contributed by atoms with E-state index in [1.807, 2.05) is 0 Å². The zero-order valence-corrected chi connectivity index (χ0v) is 9.40. The third-order valence-electron chi connectivity index (χ3n) is 3.26. The van der Waals surface area contributed by atoms with Crippen LogP contribution >= 0.6 is 0 Å². The van der Waals surface area contributed by atoms with Gasteiger partial charge in [0.2, 0.25) is 0 Å². The summed E-state index contributed by atoms with van der Waals surface area (Å²) in [5, 5.41) is 3.31. The third-order valence-corrected chi connectivity index (χ3v) is 3.26. The number of hydrogen-bond donors (Lipinski definition) is 1. The first-order chi connectivity index (χ1) is 6.83. The quantitative estimate of drug-likeness (QED) is 0.651. The van der Waals surface area contributed by atoms with Gasteiger partial charge in [0.15, 0.2) is 0 Å². The lowest BCUT2D eigenvalue weighted by Gasteiger charge is -2.26. The van der Waals surface area contributed by atoms with Gasteiger partial charge < -0.3 is 5.32 Å². The molecule has 2 heteroatoms. The molecule has 0 aromatic heterocycles. The standard InChI is InChI=1S/C12H24FN/c1-11-4-2-5-12(10-11)6-9-14-8-3-7-13/h11-12,14H,2-10H2,1H3. The van der Waals surface area contributed by atoms with Gasteiger partial charge >= 0.3 is 0 Å². The fourth-order valence-corrected chi connectivity index (χ4v) is 2.44. The van der Waals surface area contributed by atoms with Gasteiger partial charge in [0.05, 0.1) is 6.67 Å². The maximum absolute atomic E-state index is 11.8. The Bertz CT molecular complexity index is 138. The van der Waals surface area contributed by atoms with Crippen LogP contribution in [0, 0.1) is 11.8 Å². The van der Waals surface area contributed by atoms with E-state index in [0.29, 0.717) is 6.42 Å². The second-order valence-corrected chi connectivity index (χ2v) is 4.72. The van der Waals surface area contributed by atoms with Crippen LogP contribution in [0.2, 0.25) is 0 Å². The summed E-state index contributed by atoms with van der Waals surface area (Å²) in [4.78, 5) is 0. The Balaban J connectivity index is 1.95. The Morgan fingerprint density at radius 1 is 1.29 bits per heavy atom. The van der Waals surface area contributed by atoms with Gasteiger partial charge in [0.1, 0.15) is 0 Å². The van der Waals surface area contributed by atoms with Crippen molar-refractivity contribution in [2.45, 2.75) is 45.4 Å². The summed E-state index contributed by atoms with van der Waals surface area (Å²) in [7, 11) is 0. The number of alkyl halides is 1. The van der Waals surface area contributed by atoms with E-state index < -0.39 is 0 Å². The SMILES string of the molecule is CC1CCCC(CCNCCCF)C1. The van der Waals surface area contributed by atoms with Gasteiger partial charge in [-0.05, 0) is 44.2 Å². The molecule has 0 bridgehead atoms. The minimum absolute atomic E-state index is 0.187.